The Balaban J connectivity index is 1.57. The van der Waals surface area contributed by atoms with Crippen molar-refractivity contribution in [3.8, 4) is 11.9 Å². The number of aromatic nitrogens is 2. The molecule has 3 rings (SSSR count). The minimum atomic E-state index is -0.301. The second kappa shape index (κ2) is 10.2. The number of carbonyl (C=O) groups is 2. The zero-order chi connectivity index (χ0) is 22.2. The Bertz CT molecular complexity index is 999. The van der Waals surface area contributed by atoms with Crippen molar-refractivity contribution in [2.24, 2.45) is 0 Å². The van der Waals surface area contributed by atoms with Gasteiger partial charge in [-0.15, -0.1) is 0 Å². The Hall–Kier alpha value is -3.93. The van der Waals surface area contributed by atoms with Gasteiger partial charge in [-0.25, -0.2) is 4.98 Å². The number of rotatable bonds is 8. The second-order valence-electron chi connectivity index (χ2n) is 7.09. The minimum Gasteiger partial charge on any atom is -0.476 e. The average Bonchev–Trinajstić information content (AvgIpc) is 3.24. The zero-order valence-corrected chi connectivity index (χ0v) is 17.3. The predicted molar refractivity (Wildman–Crippen MR) is 116 cm³/mol. The quantitative estimate of drug-likeness (QED) is 0.497. The first kappa shape index (κ1) is 21.8. The van der Waals surface area contributed by atoms with Crippen LogP contribution >= 0.6 is 0 Å². The zero-order valence-electron chi connectivity index (χ0n) is 17.3. The van der Waals surface area contributed by atoms with Crippen LogP contribution in [0.4, 0.5) is 11.6 Å². The smallest absolute Gasteiger partial charge is 0.253 e. The van der Waals surface area contributed by atoms with Crippen molar-refractivity contribution in [1.82, 2.24) is 14.9 Å². The van der Waals surface area contributed by atoms with Gasteiger partial charge >= 0.3 is 0 Å². The third-order valence-corrected chi connectivity index (χ3v) is 4.77. The van der Waals surface area contributed by atoms with Crippen molar-refractivity contribution in [1.29, 1.82) is 5.26 Å². The van der Waals surface area contributed by atoms with E-state index in [2.05, 4.69) is 27.2 Å². The first-order valence-electron chi connectivity index (χ1n) is 9.93. The number of hydrogen-bond acceptors (Lipinski definition) is 7. The van der Waals surface area contributed by atoms with Gasteiger partial charge in [0.05, 0.1) is 12.5 Å². The topological polar surface area (TPSA) is 120 Å². The maximum Gasteiger partial charge on any atom is 0.253 e. The van der Waals surface area contributed by atoms with Crippen molar-refractivity contribution in [3.63, 3.8) is 0 Å². The normalized spacial score (nSPS) is 15.1. The van der Waals surface area contributed by atoms with Crippen LogP contribution in [0, 0.1) is 18.3 Å². The standard InChI is InChI=1S/C22H24N6O3/c1-3-19(29)25-17-7-5-16(6-8-17)21(30)28-11-9-18(14-28)26-22-24-13-15(2)20(27-22)31-12-4-10-23/h3,5-8,13,18H,1,4,9,11-12,14H2,2H3,(H,25,29)(H,24,26,27)/t18-/m1/s1. The summed E-state index contributed by atoms with van der Waals surface area (Å²) in [5.74, 6) is 0.502. The van der Waals surface area contributed by atoms with Crippen LogP contribution in [0.1, 0.15) is 28.8 Å². The fourth-order valence-corrected chi connectivity index (χ4v) is 3.15. The molecule has 31 heavy (non-hydrogen) atoms. The van der Waals surface area contributed by atoms with Crippen LogP contribution in [0.15, 0.2) is 43.1 Å². The molecule has 2 N–H and O–H groups in total. The number of benzene rings is 1. The van der Waals surface area contributed by atoms with E-state index >= 15 is 0 Å². The number of nitriles is 1. The van der Waals surface area contributed by atoms with Crippen LogP contribution in [-0.2, 0) is 4.79 Å². The highest BCUT2D eigenvalue weighted by Crippen LogP contribution is 2.20. The van der Waals surface area contributed by atoms with Gasteiger partial charge in [-0.05, 0) is 43.7 Å². The molecule has 1 aromatic heterocycles. The monoisotopic (exact) mass is 420 g/mol. The maximum atomic E-state index is 12.8. The summed E-state index contributed by atoms with van der Waals surface area (Å²) in [5.41, 5.74) is 1.95. The third kappa shape index (κ3) is 5.79. The fourth-order valence-electron chi connectivity index (χ4n) is 3.15. The first-order chi connectivity index (χ1) is 15.0. The van der Waals surface area contributed by atoms with Crippen LogP contribution in [0.3, 0.4) is 0 Å². The Morgan fingerprint density at radius 3 is 2.87 bits per heavy atom. The molecule has 160 valence electrons. The molecule has 0 radical (unpaired) electrons. The number of carbonyl (C=O) groups excluding carboxylic acids is 2. The van der Waals surface area contributed by atoms with Gasteiger partial charge in [0.15, 0.2) is 0 Å². The molecule has 0 bridgehead atoms. The lowest BCUT2D eigenvalue weighted by Crippen LogP contribution is -2.31. The number of anilines is 2. The van der Waals surface area contributed by atoms with Crippen molar-refractivity contribution in [2.75, 3.05) is 30.3 Å². The number of nitrogens with one attached hydrogen (secondary N) is 2. The highest BCUT2D eigenvalue weighted by molar-refractivity contribution is 5.99. The number of ether oxygens (including phenoxy) is 1. The van der Waals surface area contributed by atoms with E-state index in [0.29, 0.717) is 36.2 Å². The minimum absolute atomic E-state index is 0.0183. The van der Waals surface area contributed by atoms with E-state index in [9.17, 15) is 9.59 Å². The van der Waals surface area contributed by atoms with E-state index in [4.69, 9.17) is 10.00 Å². The number of amides is 2. The third-order valence-electron chi connectivity index (χ3n) is 4.77. The summed E-state index contributed by atoms with van der Waals surface area (Å²) in [4.78, 5) is 34.6. The molecule has 2 amide bonds. The molecule has 0 saturated carbocycles. The number of hydrogen-bond donors (Lipinski definition) is 2. The summed E-state index contributed by atoms with van der Waals surface area (Å²) in [7, 11) is 0. The van der Waals surface area contributed by atoms with Crippen LogP contribution in [0.2, 0.25) is 0 Å². The van der Waals surface area contributed by atoms with E-state index in [1.807, 2.05) is 13.0 Å². The summed E-state index contributed by atoms with van der Waals surface area (Å²) >= 11 is 0. The maximum absolute atomic E-state index is 12.8. The highest BCUT2D eigenvalue weighted by atomic mass is 16.5. The van der Waals surface area contributed by atoms with E-state index in [1.165, 1.54) is 6.08 Å². The molecule has 1 saturated heterocycles. The predicted octanol–water partition coefficient (Wildman–Crippen LogP) is 2.53. The van der Waals surface area contributed by atoms with Gasteiger partial charge in [0.1, 0.15) is 6.61 Å². The van der Waals surface area contributed by atoms with E-state index in [-0.39, 0.29) is 30.9 Å². The molecular formula is C22H24N6O3. The summed E-state index contributed by atoms with van der Waals surface area (Å²) < 4.78 is 5.53. The van der Waals surface area contributed by atoms with Crippen molar-refractivity contribution >= 4 is 23.5 Å². The summed E-state index contributed by atoms with van der Waals surface area (Å²) in [6.45, 7) is 6.66. The van der Waals surface area contributed by atoms with Crippen molar-refractivity contribution < 1.29 is 14.3 Å². The first-order valence-corrected chi connectivity index (χ1v) is 9.93. The number of nitrogens with zero attached hydrogens (tertiary/aromatic N) is 4. The van der Waals surface area contributed by atoms with Crippen LogP contribution < -0.4 is 15.4 Å². The molecule has 9 nitrogen and oxygen atoms in total. The van der Waals surface area contributed by atoms with Crippen molar-refractivity contribution in [3.05, 3.63) is 54.2 Å². The van der Waals surface area contributed by atoms with Crippen molar-refractivity contribution in [2.45, 2.75) is 25.8 Å². The Morgan fingerprint density at radius 2 is 2.16 bits per heavy atom. The van der Waals surface area contributed by atoms with E-state index < -0.39 is 0 Å². The van der Waals surface area contributed by atoms with Gasteiger partial charge in [0.25, 0.3) is 5.91 Å². The second-order valence-corrected chi connectivity index (χ2v) is 7.09. The Labute approximate surface area is 180 Å². The molecule has 1 aromatic carbocycles. The van der Waals surface area contributed by atoms with Gasteiger partial charge in [-0.2, -0.15) is 10.2 Å². The molecular weight excluding hydrogens is 396 g/mol. The van der Waals surface area contributed by atoms with Gasteiger partial charge < -0.3 is 20.3 Å². The van der Waals surface area contributed by atoms with Gasteiger partial charge in [0, 0.05) is 42.1 Å². The molecule has 2 heterocycles. The molecule has 9 heteroatoms. The average molecular weight is 420 g/mol. The molecule has 1 aliphatic heterocycles. The molecule has 0 spiro atoms. The largest absolute Gasteiger partial charge is 0.476 e. The summed E-state index contributed by atoms with van der Waals surface area (Å²) in [5, 5.41) is 14.5. The SMILES string of the molecule is C=CC(=O)Nc1ccc(C(=O)N2CC[C@@H](Nc3ncc(C)c(OCCC#N)n3)C2)cc1. The molecule has 0 unspecified atom stereocenters. The lowest BCUT2D eigenvalue weighted by molar-refractivity contribution is -0.111. The van der Waals surface area contributed by atoms with Crippen LogP contribution in [0.5, 0.6) is 5.88 Å². The fraction of sp³-hybridized carbons (Fsp3) is 0.318. The molecule has 0 aliphatic carbocycles. The van der Waals surface area contributed by atoms with Gasteiger partial charge in [-0.1, -0.05) is 6.58 Å². The van der Waals surface area contributed by atoms with E-state index in [1.54, 1.807) is 35.4 Å². The van der Waals surface area contributed by atoms with Gasteiger partial charge in [-0.3, -0.25) is 9.59 Å². The van der Waals surface area contributed by atoms with Crippen LogP contribution in [-0.4, -0.2) is 52.4 Å². The molecule has 1 fully saturated rings. The lowest BCUT2D eigenvalue weighted by Gasteiger charge is -2.18. The highest BCUT2D eigenvalue weighted by Gasteiger charge is 2.27. The van der Waals surface area contributed by atoms with Crippen LogP contribution in [0.25, 0.3) is 0 Å². The Morgan fingerprint density at radius 1 is 1.39 bits per heavy atom. The molecule has 1 atom stereocenters. The Kier molecular flexibility index (Phi) is 7.17. The van der Waals surface area contributed by atoms with Gasteiger partial charge in [0.2, 0.25) is 17.7 Å². The lowest BCUT2D eigenvalue weighted by atomic mass is 10.2. The number of aryl methyl sites for hydroxylation is 1. The molecule has 2 aromatic rings. The summed E-state index contributed by atoms with van der Waals surface area (Å²) in [6.07, 6.45) is 3.91. The summed E-state index contributed by atoms with van der Waals surface area (Å²) in [6, 6.07) is 8.81. The number of likely N-dealkylation sites (tertiary alicyclic amines) is 1. The molecule has 1 aliphatic rings. The van der Waals surface area contributed by atoms with E-state index in [0.717, 1.165) is 12.0 Å².